The zero-order valence-electron chi connectivity index (χ0n) is 12.1. The van der Waals surface area contributed by atoms with Crippen molar-refractivity contribution in [3.8, 4) is 5.75 Å². The second-order valence-corrected chi connectivity index (χ2v) is 5.06. The van der Waals surface area contributed by atoms with E-state index < -0.39 is 6.10 Å². The Kier molecular flexibility index (Phi) is 6.20. The molecule has 0 aliphatic carbocycles. The van der Waals surface area contributed by atoms with Crippen LogP contribution in [-0.2, 0) is 0 Å². The Morgan fingerprint density at radius 2 is 1.89 bits per heavy atom. The molecule has 0 aliphatic heterocycles. The number of rotatable bonds is 7. The van der Waals surface area contributed by atoms with Crippen LogP contribution in [0.25, 0.3) is 0 Å². The summed E-state index contributed by atoms with van der Waals surface area (Å²) < 4.78 is 5.40. The average molecular weight is 250 g/mol. The van der Waals surface area contributed by atoms with E-state index in [1.54, 1.807) is 7.11 Å². The quantitative estimate of drug-likeness (QED) is 0.730. The first-order valence-electron chi connectivity index (χ1n) is 6.93. The van der Waals surface area contributed by atoms with Gasteiger partial charge in [0.25, 0.3) is 0 Å². The van der Waals surface area contributed by atoms with Gasteiger partial charge in [0.2, 0.25) is 0 Å². The van der Waals surface area contributed by atoms with Gasteiger partial charge in [0.1, 0.15) is 5.75 Å². The summed E-state index contributed by atoms with van der Waals surface area (Å²) in [5.74, 6) is 0.815. The van der Waals surface area contributed by atoms with E-state index >= 15 is 0 Å². The Morgan fingerprint density at radius 3 is 2.50 bits per heavy atom. The van der Waals surface area contributed by atoms with Crippen LogP contribution in [-0.4, -0.2) is 12.2 Å². The van der Waals surface area contributed by atoms with Crippen LogP contribution in [0.5, 0.6) is 5.75 Å². The third-order valence-corrected chi connectivity index (χ3v) is 3.38. The van der Waals surface area contributed by atoms with Gasteiger partial charge in [-0.1, -0.05) is 38.7 Å². The maximum absolute atomic E-state index is 10.3. The van der Waals surface area contributed by atoms with E-state index in [1.165, 1.54) is 24.8 Å². The molecule has 2 nitrogen and oxygen atoms in total. The van der Waals surface area contributed by atoms with Crippen LogP contribution in [0.3, 0.4) is 0 Å². The molecule has 2 heteroatoms. The van der Waals surface area contributed by atoms with Gasteiger partial charge < -0.3 is 9.84 Å². The molecule has 0 amide bonds. The van der Waals surface area contributed by atoms with Crippen molar-refractivity contribution in [2.24, 2.45) is 0 Å². The number of benzene rings is 1. The van der Waals surface area contributed by atoms with Gasteiger partial charge in [0.15, 0.2) is 0 Å². The summed E-state index contributed by atoms with van der Waals surface area (Å²) in [5.41, 5.74) is 3.25. The Morgan fingerprint density at radius 1 is 1.17 bits per heavy atom. The van der Waals surface area contributed by atoms with Crippen molar-refractivity contribution in [2.45, 2.75) is 59.0 Å². The second-order valence-electron chi connectivity index (χ2n) is 5.06. The molecule has 0 spiro atoms. The molecule has 18 heavy (non-hydrogen) atoms. The zero-order valence-corrected chi connectivity index (χ0v) is 12.1. The lowest BCUT2D eigenvalue weighted by Crippen LogP contribution is -2.04. The number of hydrogen-bond donors (Lipinski definition) is 1. The fraction of sp³-hybridized carbons (Fsp3) is 0.625. The van der Waals surface area contributed by atoms with Crippen molar-refractivity contribution in [3.63, 3.8) is 0 Å². The number of aliphatic hydroxyl groups is 1. The summed E-state index contributed by atoms with van der Waals surface area (Å²) in [6.45, 7) is 6.29. The molecule has 1 atom stereocenters. The molecule has 0 fully saturated rings. The molecule has 0 bridgehead atoms. The third-order valence-electron chi connectivity index (χ3n) is 3.38. The first-order valence-corrected chi connectivity index (χ1v) is 6.93. The van der Waals surface area contributed by atoms with Crippen molar-refractivity contribution in [2.75, 3.05) is 7.11 Å². The van der Waals surface area contributed by atoms with Crippen molar-refractivity contribution in [3.05, 3.63) is 28.8 Å². The monoisotopic (exact) mass is 250 g/mol. The van der Waals surface area contributed by atoms with Crippen molar-refractivity contribution >= 4 is 0 Å². The van der Waals surface area contributed by atoms with Gasteiger partial charge in [-0.15, -0.1) is 0 Å². The zero-order chi connectivity index (χ0) is 13.5. The Hall–Kier alpha value is -1.02. The lowest BCUT2D eigenvalue weighted by Gasteiger charge is -2.18. The number of ether oxygens (including phenoxy) is 1. The van der Waals surface area contributed by atoms with Crippen LogP contribution >= 0.6 is 0 Å². The summed E-state index contributed by atoms with van der Waals surface area (Å²) in [5, 5.41) is 10.3. The Labute approximate surface area is 111 Å². The number of methoxy groups -OCH3 is 1. The predicted molar refractivity (Wildman–Crippen MR) is 76.2 cm³/mol. The largest absolute Gasteiger partial charge is 0.496 e. The second kappa shape index (κ2) is 7.42. The minimum absolute atomic E-state index is 0.405. The maximum atomic E-state index is 10.3. The summed E-state index contributed by atoms with van der Waals surface area (Å²) >= 11 is 0. The molecule has 1 rings (SSSR count). The smallest absolute Gasteiger partial charge is 0.125 e. The minimum Gasteiger partial charge on any atom is -0.496 e. The van der Waals surface area contributed by atoms with Gasteiger partial charge in [-0.3, -0.25) is 0 Å². The number of hydrogen-bond acceptors (Lipinski definition) is 2. The first kappa shape index (κ1) is 15.0. The van der Waals surface area contributed by atoms with Gasteiger partial charge >= 0.3 is 0 Å². The van der Waals surface area contributed by atoms with E-state index in [2.05, 4.69) is 13.0 Å². The Bertz CT molecular complexity index is 372. The molecule has 0 radical (unpaired) electrons. The number of aryl methyl sites for hydroxylation is 2. The van der Waals surface area contributed by atoms with Crippen LogP contribution in [0.1, 0.15) is 61.8 Å². The van der Waals surface area contributed by atoms with Crippen LogP contribution < -0.4 is 4.74 Å². The summed E-state index contributed by atoms with van der Waals surface area (Å²) in [6, 6.07) is 4.10. The molecular formula is C16H26O2. The van der Waals surface area contributed by atoms with E-state index in [0.717, 1.165) is 29.7 Å². The molecule has 1 aromatic rings. The molecule has 0 aliphatic rings. The van der Waals surface area contributed by atoms with E-state index in [-0.39, 0.29) is 0 Å². The van der Waals surface area contributed by atoms with E-state index in [1.807, 2.05) is 19.9 Å². The molecule has 0 saturated heterocycles. The normalized spacial score (nSPS) is 12.5. The van der Waals surface area contributed by atoms with Crippen LogP contribution in [0.4, 0.5) is 0 Å². The van der Waals surface area contributed by atoms with E-state index in [4.69, 9.17) is 4.74 Å². The molecule has 1 aromatic carbocycles. The van der Waals surface area contributed by atoms with Gasteiger partial charge in [-0.05, 0) is 37.5 Å². The van der Waals surface area contributed by atoms with E-state index in [0.29, 0.717) is 0 Å². The third kappa shape index (κ3) is 4.02. The molecule has 0 heterocycles. The lowest BCUT2D eigenvalue weighted by atomic mass is 9.96. The highest BCUT2D eigenvalue weighted by Gasteiger charge is 2.16. The molecule has 1 unspecified atom stereocenters. The first-order chi connectivity index (χ1) is 8.60. The summed E-state index contributed by atoms with van der Waals surface area (Å²) in [6.07, 6.45) is 5.16. The standard InChI is InChI=1S/C16H26O2/c1-5-6-7-8-9-14(17)16-13(3)10-12(2)11-15(16)18-4/h10-11,14,17H,5-9H2,1-4H3. The van der Waals surface area contributed by atoms with E-state index in [9.17, 15) is 5.11 Å². The number of aliphatic hydroxyl groups excluding tert-OH is 1. The number of unbranched alkanes of at least 4 members (excludes halogenated alkanes) is 3. The highest BCUT2D eigenvalue weighted by molar-refractivity contribution is 5.44. The highest BCUT2D eigenvalue weighted by atomic mass is 16.5. The van der Waals surface area contributed by atoms with Crippen LogP contribution in [0, 0.1) is 13.8 Å². The van der Waals surface area contributed by atoms with Gasteiger partial charge in [-0.25, -0.2) is 0 Å². The molecular weight excluding hydrogens is 224 g/mol. The van der Waals surface area contributed by atoms with Gasteiger partial charge in [0, 0.05) is 5.56 Å². The summed E-state index contributed by atoms with van der Waals surface area (Å²) in [7, 11) is 1.67. The lowest BCUT2D eigenvalue weighted by molar-refractivity contribution is 0.158. The Balaban J connectivity index is 2.74. The fourth-order valence-corrected chi connectivity index (χ4v) is 2.44. The molecule has 0 aromatic heterocycles. The topological polar surface area (TPSA) is 29.5 Å². The molecule has 102 valence electrons. The average Bonchev–Trinajstić information content (AvgIpc) is 2.33. The van der Waals surface area contributed by atoms with Crippen molar-refractivity contribution < 1.29 is 9.84 Å². The van der Waals surface area contributed by atoms with Crippen molar-refractivity contribution in [1.82, 2.24) is 0 Å². The molecule has 0 saturated carbocycles. The predicted octanol–water partition coefficient (Wildman–Crippen LogP) is 4.32. The minimum atomic E-state index is -0.405. The molecule has 1 N–H and O–H groups in total. The fourth-order valence-electron chi connectivity index (χ4n) is 2.44. The van der Waals surface area contributed by atoms with Crippen LogP contribution in [0.2, 0.25) is 0 Å². The maximum Gasteiger partial charge on any atom is 0.125 e. The van der Waals surface area contributed by atoms with Crippen molar-refractivity contribution in [1.29, 1.82) is 0 Å². The van der Waals surface area contributed by atoms with Crippen LogP contribution in [0.15, 0.2) is 12.1 Å². The summed E-state index contributed by atoms with van der Waals surface area (Å²) in [4.78, 5) is 0. The highest BCUT2D eigenvalue weighted by Crippen LogP contribution is 2.32. The SMILES string of the molecule is CCCCCCC(O)c1c(C)cc(C)cc1OC. The van der Waals surface area contributed by atoms with Gasteiger partial charge in [-0.2, -0.15) is 0 Å². The van der Waals surface area contributed by atoms with Gasteiger partial charge in [0.05, 0.1) is 13.2 Å².